The minimum atomic E-state index is -2.98. The average Bonchev–Trinajstić information content (AvgIpc) is 3.95. The first-order valence-electron chi connectivity index (χ1n) is 19.8. The van der Waals surface area contributed by atoms with Crippen molar-refractivity contribution in [1.29, 1.82) is 0 Å². The number of hydrogen-bond acceptors (Lipinski definition) is 2. The zero-order chi connectivity index (χ0) is 38.2. The SMILES string of the molecule is c1ccc([Si](c2ccccc2)(c2ccccc2)c2cc(-n3c4ccccc4c4cc(-n5c6ccccc6c6ccccc65)ccc43)c3sc4ccccc4c3n2)cc1. The van der Waals surface area contributed by atoms with Gasteiger partial charge in [0.05, 0.1) is 38.0 Å². The van der Waals surface area contributed by atoms with Crippen LogP contribution in [0.4, 0.5) is 0 Å². The maximum absolute atomic E-state index is 5.86. The molecule has 0 amide bonds. The number of para-hydroxylation sites is 3. The van der Waals surface area contributed by atoms with Crippen LogP contribution in [0.5, 0.6) is 0 Å². The molecular weight excluding hydrogens is 739 g/mol. The van der Waals surface area contributed by atoms with E-state index >= 15 is 0 Å². The van der Waals surface area contributed by atoms with E-state index in [1.54, 1.807) is 0 Å². The Hall–Kier alpha value is -7.05. The predicted octanol–water partition coefficient (Wildman–Crippen LogP) is 11.0. The highest BCUT2D eigenvalue weighted by Gasteiger charge is 2.43. The van der Waals surface area contributed by atoms with Gasteiger partial charge in [-0.25, -0.2) is 0 Å². The molecule has 0 bridgehead atoms. The number of nitrogens with zero attached hydrogens (tertiary/aromatic N) is 3. The van der Waals surface area contributed by atoms with Gasteiger partial charge >= 0.3 is 0 Å². The second-order valence-corrected chi connectivity index (χ2v) is 19.9. The molecule has 58 heavy (non-hydrogen) atoms. The zero-order valence-corrected chi connectivity index (χ0v) is 33.3. The Morgan fingerprint density at radius 3 is 1.40 bits per heavy atom. The first kappa shape index (κ1) is 33.1. The standard InChI is InChI=1S/C53H35N3SSi/c1-4-18-37(19-5-1)58(38-20-6-2-7-21-38,39-22-8-3-9-23-39)51-35-49(53-52(54-51)43-27-13-17-31-50(43)57-53)56-47-30-16-12-26-42(47)44-34-36(32-33-48(44)56)55-45-28-14-10-24-40(45)41-25-11-15-29-46(41)55/h1-35H. The first-order valence-corrected chi connectivity index (χ1v) is 22.6. The third kappa shape index (κ3) is 4.75. The molecule has 0 aliphatic carbocycles. The molecule has 12 rings (SSSR count). The van der Waals surface area contributed by atoms with Gasteiger partial charge in [-0.1, -0.05) is 164 Å². The number of rotatable bonds is 6. The summed E-state index contributed by atoms with van der Waals surface area (Å²) in [4.78, 5) is 5.86. The molecule has 12 aromatic rings. The van der Waals surface area contributed by atoms with Crippen molar-refractivity contribution in [2.75, 3.05) is 0 Å². The van der Waals surface area contributed by atoms with Gasteiger partial charge in [-0.2, -0.15) is 0 Å². The highest BCUT2D eigenvalue weighted by Crippen LogP contribution is 2.41. The van der Waals surface area contributed by atoms with Gasteiger partial charge in [-0.3, -0.25) is 4.98 Å². The topological polar surface area (TPSA) is 22.8 Å². The molecule has 0 N–H and O–H groups in total. The Bertz CT molecular complexity index is 3360. The van der Waals surface area contributed by atoms with Crippen LogP contribution >= 0.6 is 11.3 Å². The van der Waals surface area contributed by atoms with Gasteiger partial charge in [0.2, 0.25) is 8.07 Å². The lowest BCUT2D eigenvalue weighted by Crippen LogP contribution is -2.75. The lowest BCUT2D eigenvalue weighted by atomic mass is 10.1. The summed E-state index contributed by atoms with van der Waals surface area (Å²) < 4.78 is 7.37. The zero-order valence-electron chi connectivity index (χ0n) is 31.5. The lowest BCUT2D eigenvalue weighted by molar-refractivity contribution is 1.17. The van der Waals surface area contributed by atoms with Crippen LogP contribution in [0.25, 0.3) is 75.3 Å². The van der Waals surface area contributed by atoms with Crippen LogP contribution in [0.3, 0.4) is 0 Å². The molecule has 0 saturated heterocycles. The average molecular weight is 774 g/mol. The van der Waals surface area contributed by atoms with Crippen molar-refractivity contribution in [3.63, 3.8) is 0 Å². The molecule has 0 fully saturated rings. The summed E-state index contributed by atoms with van der Waals surface area (Å²) in [5.41, 5.74) is 8.14. The summed E-state index contributed by atoms with van der Waals surface area (Å²) in [5.74, 6) is 0. The molecule has 4 aromatic heterocycles. The van der Waals surface area contributed by atoms with E-state index < -0.39 is 8.07 Å². The van der Waals surface area contributed by atoms with E-state index in [9.17, 15) is 0 Å². The van der Waals surface area contributed by atoms with Gasteiger partial charge in [0.15, 0.2) is 0 Å². The molecule has 3 nitrogen and oxygen atoms in total. The minimum absolute atomic E-state index is 1.06. The van der Waals surface area contributed by atoms with Crippen LogP contribution < -0.4 is 20.9 Å². The maximum atomic E-state index is 5.86. The molecule has 5 heteroatoms. The van der Waals surface area contributed by atoms with E-state index in [-0.39, 0.29) is 0 Å². The number of pyridine rings is 1. The Morgan fingerprint density at radius 1 is 0.379 bits per heavy atom. The second-order valence-electron chi connectivity index (χ2n) is 15.1. The Labute approximate surface area is 340 Å². The monoisotopic (exact) mass is 773 g/mol. The second kappa shape index (κ2) is 13.0. The van der Waals surface area contributed by atoms with Crippen molar-refractivity contribution < 1.29 is 0 Å². The molecule has 0 aliphatic rings. The molecule has 0 aliphatic heterocycles. The van der Waals surface area contributed by atoms with Crippen molar-refractivity contribution in [2.45, 2.75) is 0 Å². The highest BCUT2D eigenvalue weighted by molar-refractivity contribution is 7.26. The van der Waals surface area contributed by atoms with Gasteiger partial charge < -0.3 is 9.13 Å². The molecule has 0 spiro atoms. The van der Waals surface area contributed by atoms with Crippen molar-refractivity contribution in [3.8, 4) is 11.4 Å². The van der Waals surface area contributed by atoms with E-state index in [4.69, 9.17) is 4.98 Å². The molecule has 0 atom stereocenters. The maximum Gasteiger partial charge on any atom is 0.201 e. The summed E-state index contributed by atoms with van der Waals surface area (Å²) in [6.07, 6.45) is 0. The van der Waals surface area contributed by atoms with Crippen LogP contribution in [-0.2, 0) is 0 Å². The van der Waals surface area contributed by atoms with Gasteiger partial charge in [0.1, 0.15) is 0 Å². The number of fused-ring (bicyclic) bond motifs is 9. The molecular formula is C53H35N3SSi. The third-order valence-corrected chi connectivity index (χ3v) is 17.9. The van der Waals surface area contributed by atoms with E-state index in [0.717, 1.165) is 22.2 Å². The van der Waals surface area contributed by atoms with Gasteiger partial charge in [0.25, 0.3) is 0 Å². The van der Waals surface area contributed by atoms with Gasteiger partial charge in [0, 0.05) is 42.6 Å². The number of hydrogen-bond donors (Lipinski definition) is 0. The van der Waals surface area contributed by atoms with Crippen LogP contribution in [0.1, 0.15) is 0 Å². The molecule has 8 aromatic carbocycles. The van der Waals surface area contributed by atoms with Crippen LogP contribution in [-0.4, -0.2) is 22.2 Å². The van der Waals surface area contributed by atoms with Gasteiger partial charge in [-0.05, 0) is 64.1 Å². The fourth-order valence-corrected chi connectivity index (χ4v) is 15.3. The lowest BCUT2D eigenvalue weighted by Gasteiger charge is -2.33. The molecule has 272 valence electrons. The summed E-state index contributed by atoms with van der Waals surface area (Å²) >= 11 is 1.84. The number of thiophene rings is 1. The van der Waals surface area contributed by atoms with Crippen LogP contribution in [0, 0.1) is 0 Å². The predicted molar refractivity (Wildman–Crippen MR) is 249 cm³/mol. The quantitative estimate of drug-likeness (QED) is 0.122. The normalized spacial score (nSPS) is 12.1. The van der Waals surface area contributed by atoms with Crippen molar-refractivity contribution in [3.05, 3.63) is 212 Å². The van der Waals surface area contributed by atoms with E-state index in [1.807, 2.05) is 11.3 Å². The third-order valence-electron chi connectivity index (χ3n) is 12.0. The number of benzene rings is 8. The Kier molecular flexibility index (Phi) is 7.42. The first-order chi connectivity index (χ1) is 28.8. The summed E-state index contributed by atoms with van der Waals surface area (Å²) in [6.45, 7) is 0. The molecule has 4 heterocycles. The van der Waals surface area contributed by atoms with E-state index in [1.165, 1.54) is 74.0 Å². The van der Waals surface area contributed by atoms with Crippen LogP contribution in [0.2, 0.25) is 0 Å². The molecule has 0 unspecified atom stereocenters. The molecule has 0 saturated carbocycles. The van der Waals surface area contributed by atoms with Crippen molar-refractivity contribution >= 4 is 104 Å². The fraction of sp³-hybridized carbons (Fsp3) is 0. The molecule has 0 radical (unpaired) electrons. The number of aromatic nitrogens is 3. The summed E-state index contributed by atoms with van der Waals surface area (Å²) in [5, 5.41) is 11.2. The van der Waals surface area contributed by atoms with Crippen LogP contribution in [0.15, 0.2) is 212 Å². The fourth-order valence-electron chi connectivity index (χ4n) is 9.59. The van der Waals surface area contributed by atoms with Crippen molar-refractivity contribution in [2.24, 2.45) is 0 Å². The van der Waals surface area contributed by atoms with E-state index in [0.29, 0.717) is 0 Å². The summed E-state index contributed by atoms with van der Waals surface area (Å²) in [6, 6.07) is 78.1. The largest absolute Gasteiger partial charge is 0.309 e. The minimum Gasteiger partial charge on any atom is -0.309 e. The Balaban J connectivity index is 1.21. The smallest absolute Gasteiger partial charge is 0.201 e. The van der Waals surface area contributed by atoms with E-state index in [2.05, 4.69) is 221 Å². The van der Waals surface area contributed by atoms with Crippen molar-refractivity contribution in [1.82, 2.24) is 14.1 Å². The van der Waals surface area contributed by atoms with Gasteiger partial charge in [-0.15, -0.1) is 11.3 Å². The highest BCUT2D eigenvalue weighted by atomic mass is 32.1. The summed E-state index contributed by atoms with van der Waals surface area (Å²) in [7, 11) is -2.98. The Morgan fingerprint density at radius 2 is 0.828 bits per heavy atom.